The van der Waals surface area contributed by atoms with Crippen molar-refractivity contribution in [2.75, 3.05) is 13.1 Å². The molecule has 1 aliphatic heterocycles. The lowest BCUT2D eigenvalue weighted by Crippen LogP contribution is -2.49. The normalized spacial score (nSPS) is 16.2. The molecule has 0 unspecified atom stereocenters. The summed E-state index contributed by atoms with van der Waals surface area (Å²) in [5.74, 6) is 0.423. The maximum atomic E-state index is 13.4. The molecular formula is C19H25N3O3. The number of likely N-dealkylation sites (tertiary alicyclic amines) is 1. The number of rotatable bonds is 5. The van der Waals surface area contributed by atoms with Crippen LogP contribution in [0.4, 0.5) is 0 Å². The summed E-state index contributed by atoms with van der Waals surface area (Å²) in [7, 11) is 0. The molecule has 6 nitrogen and oxygen atoms in total. The van der Waals surface area contributed by atoms with Crippen LogP contribution in [0.5, 0.6) is 0 Å². The summed E-state index contributed by atoms with van der Waals surface area (Å²) in [6, 6.07) is 10.1. The van der Waals surface area contributed by atoms with Crippen LogP contribution in [0.1, 0.15) is 56.8 Å². The molecule has 1 aromatic carbocycles. The van der Waals surface area contributed by atoms with E-state index in [1.807, 2.05) is 23.1 Å². The monoisotopic (exact) mass is 343 g/mol. The number of hydrogen-bond acceptors (Lipinski definition) is 4. The summed E-state index contributed by atoms with van der Waals surface area (Å²) < 4.78 is 4.60. The Morgan fingerprint density at radius 3 is 2.40 bits per heavy atom. The highest BCUT2D eigenvalue weighted by Gasteiger charge is 2.40. The van der Waals surface area contributed by atoms with Crippen LogP contribution < -0.4 is 5.76 Å². The molecule has 1 N–H and O–H groups in total. The second kappa shape index (κ2) is 7.25. The van der Waals surface area contributed by atoms with Crippen LogP contribution in [-0.2, 0) is 10.2 Å². The van der Waals surface area contributed by atoms with E-state index in [0.717, 1.165) is 31.2 Å². The van der Waals surface area contributed by atoms with E-state index in [2.05, 4.69) is 40.6 Å². The van der Waals surface area contributed by atoms with Gasteiger partial charge in [0.2, 0.25) is 5.91 Å². The smallest absolute Gasteiger partial charge is 0.342 e. The van der Waals surface area contributed by atoms with E-state index < -0.39 is 11.2 Å². The Morgan fingerprint density at radius 2 is 1.88 bits per heavy atom. The molecular weight excluding hydrogens is 318 g/mol. The van der Waals surface area contributed by atoms with Gasteiger partial charge in [-0.2, -0.15) is 0 Å². The molecule has 0 radical (unpaired) electrons. The van der Waals surface area contributed by atoms with E-state index in [1.54, 1.807) is 0 Å². The van der Waals surface area contributed by atoms with Crippen molar-refractivity contribution in [1.82, 2.24) is 15.0 Å². The minimum Gasteiger partial charge on any atom is -0.342 e. The van der Waals surface area contributed by atoms with Gasteiger partial charge in [-0.15, -0.1) is 0 Å². The first kappa shape index (κ1) is 17.5. The first-order chi connectivity index (χ1) is 12.1. The summed E-state index contributed by atoms with van der Waals surface area (Å²) in [5.41, 5.74) is 0.629. The quantitative estimate of drug-likeness (QED) is 0.905. The van der Waals surface area contributed by atoms with Crippen molar-refractivity contribution in [3.63, 3.8) is 0 Å². The Morgan fingerprint density at radius 1 is 1.24 bits per heavy atom. The Bertz CT molecular complexity index is 753. The van der Waals surface area contributed by atoms with Crippen molar-refractivity contribution in [3.05, 3.63) is 52.3 Å². The van der Waals surface area contributed by atoms with Crippen molar-refractivity contribution >= 4 is 5.91 Å². The number of amides is 1. The topological polar surface area (TPSA) is 79.2 Å². The van der Waals surface area contributed by atoms with Gasteiger partial charge in [0.15, 0.2) is 5.82 Å². The number of benzene rings is 1. The van der Waals surface area contributed by atoms with Crippen LogP contribution in [0.15, 0.2) is 39.6 Å². The van der Waals surface area contributed by atoms with E-state index in [0.29, 0.717) is 18.9 Å². The van der Waals surface area contributed by atoms with E-state index in [9.17, 15) is 9.59 Å². The predicted octanol–water partition coefficient (Wildman–Crippen LogP) is 2.83. The summed E-state index contributed by atoms with van der Waals surface area (Å²) in [6.07, 6.45) is 3.13. The third kappa shape index (κ3) is 3.25. The van der Waals surface area contributed by atoms with E-state index in [1.165, 1.54) is 0 Å². The highest BCUT2D eigenvalue weighted by Crippen LogP contribution is 2.36. The average molecular weight is 343 g/mol. The minimum atomic E-state index is -0.520. The maximum Gasteiger partial charge on any atom is 0.438 e. The van der Waals surface area contributed by atoms with Gasteiger partial charge in [0, 0.05) is 19.0 Å². The fraction of sp³-hybridized carbons (Fsp3) is 0.526. The van der Waals surface area contributed by atoms with Crippen LogP contribution in [0, 0.1) is 0 Å². The molecule has 2 heterocycles. The molecule has 1 fully saturated rings. The molecule has 0 bridgehead atoms. The molecule has 134 valence electrons. The number of nitrogens with one attached hydrogen (secondary N) is 1. The summed E-state index contributed by atoms with van der Waals surface area (Å²) in [6.45, 7) is 5.52. The zero-order valence-electron chi connectivity index (χ0n) is 14.8. The molecule has 2 aromatic rings. The average Bonchev–Trinajstić information content (AvgIpc) is 3.10. The van der Waals surface area contributed by atoms with Crippen molar-refractivity contribution in [2.45, 2.75) is 50.9 Å². The van der Waals surface area contributed by atoms with Crippen molar-refractivity contribution in [3.8, 4) is 0 Å². The lowest BCUT2D eigenvalue weighted by Gasteiger charge is -2.39. The van der Waals surface area contributed by atoms with Gasteiger partial charge < -0.3 is 4.90 Å². The van der Waals surface area contributed by atoms with Gasteiger partial charge in [-0.05, 0) is 31.2 Å². The SMILES string of the molecule is CCC(CC)(C(=O)N1CCC(c2noc(=O)[nH]2)CC1)c1ccccc1. The largest absolute Gasteiger partial charge is 0.438 e. The van der Waals surface area contributed by atoms with E-state index in [4.69, 9.17) is 0 Å². The molecule has 1 saturated heterocycles. The zero-order chi connectivity index (χ0) is 17.9. The number of nitrogens with zero attached hydrogens (tertiary/aromatic N) is 2. The van der Waals surface area contributed by atoms with Crippen LogP contribution in [0.25, 0.3) is 0 Å². The Balaban J connectivity index is 1.75. The second-order valence-corrected chi connectivity index (χ2v) is 6.70. The number of H-pyrrole nitrogens is 1. The number of aromatic nitrogens is 2. The first-order valence-electron chi connectivity index (χ1n) is 9.01. The number of hydrogen-bond donors (Lipinski definition) is 1. The molecule has 25 heavy (non-hydrogen) atoms. The van der Waals surface area contributed by atoms with Gasteiger partial charge in [0.05, 0.1) is 5.41 Å². The Kier molecular flexibility index (Phi) is 5.06. The van der Waals surface area contributed by atoms with Crippen molar-refractivity contribution < 1.29 is 9.32 Å². The molecule has 0 atom stereocenters. The van der Waals surface area contributed by atoms with Gasteiger partial charge in [-0.3, -0.25) is 14.3 Å². The van der Waals surface area contributed by atoms with Gasteiger partial charge in [0.1, 0.15) is 0 Å². The van der Waals surface area contributed by atoms with Gasteiger partial charge in [0.25, 0.3) is 0 Å². The summed E-state index contributed by atoms with van der Waals surface area (Å²) >= 11 is 0. The van der Waals surface area contributed by atoms with Gasteiger partial charge >= 0.3 is 5.76 Å². The van der Waals surface area contributed by atoms with E-state index in [-0.39, 0.29) is 11.8 Å². The van der Waals surface area contributed by atoms with Gasteiger partial charge in [-0.1, -0.05) is 49.3 Å². The van der Waals surface area contributed by atoms with Gasteiger partial charge in [-0.25, -0.2) is 4.79 Å². The fourth-order valence-electron chi connectivity index (χ4n) is 3.92. The fourth-order valence-corrected chi connectivity index (χ4v) is 3.92. The maximum absolute atomic E-state index is 13.4. The zero-order valence-corrected chi connectivity index (χ0v) is 14.8. The molecule has 1 amide bonds. The van der Waals surface area contributed by atoms with Crippen molar-refractivity contribution in [2.24, 2.45) is 0 Å². The van der Waals surface area contributed by atoms with Crippen molar-refractivity contribution in [1.29, 1.82) is 0 Å². The molecule has 6 heteroatoms. The molecule has 0 aliphatic carbocycles. The summed E-state index contributed by atoms with van der Waals surface area (Å²) in [4.78, 5) is 29.1. The molecule has 0 saturated carbocycles. The lowest BCUT2D eigenvalue weighted by molar-refractivity contribution is -0.139. The van der Waals surface area contributed by atoms with Crippen LogP contribution >= 0.6 is 0 Å². The molecule has 1 aliphatic rings. The minimum absolute atomic E-state index is 0.143. The Hall–Kier alpha value is -2.37. The van der Waals surface area contributed by atoms with E-state index >= 15 is 0 Å². The van der Waals surface area contributed by atoms with Crippen LogP contribution in [0.3, 0.4) is 0 Å². The number of carbonyl (C=O) groups is 1. The highest BCUT2D eigenvalue weighted by atomic mass is 16.5. The van der Waals surface area contributed by atoms with Crippen LogP contribution in [-0.4, -0.2) is 34.0 Å². The highest BCUT2D eigenvalue weighted by molar-refractivity contribution is 5.88. The molecule has 0 spiro atoms. The lowest BCUT2D eigenvalue weighted by atomic mass is 9.74. The number of aromatic amines is 1. The number of carbonyl (C=O) groups excluding carboxylic acids is 1. The number of piperidine rings is 1. The molecule has 3 rings (SSSR count). The third-order valence-corrected chi connectivity index (χ3v) is 5.57. The standard InChI is InChI=1S/C19H25N3O3/c1-3-19(4-2,15-8-6-5-7-9-15)17(23)22-12-10-14(11-13-22)16-20-18(24)25-21-16/h5-9,14H,3-4,10-13H2,1-2H3,(H,20,21,24). The second-order valence-electron chi connectivity index (χ2n) is 6.70. The first-order valence-corrected chi connectivity index (χ1v) is 9.01. The molecule has 1 aromatic heterocycles. The van der Waals surface area contributed by atoms with Crippen LogP contribution in [0.2, 0.25) is 0 Å². The Labute approximate surface area is 147 Å². The third-order valence-electron chi connectivity index (χ3n) is 5.57. The summed E-state index contributed by atoms with van der Waals surface area (Å²) in [5, 5.41) is 3.79. The predicted molar refractivity (Wildman–Crippen MR) is 94.4 cm³/mol.